The Hall–Kier alpha value is -2.21. The van der Waals surface area contributed by atoms with Crippen LogP contribution in [0.25, 0.3) is 0 Å². The van der Waals surface area contributed by atoms with E-state index in [9.17, 15) is 4.79 Å². The van der Waals surface area contributed by atoms with Crippen molar-refractivity contribution in [2.24, 2.45) is 5.92 Å². The quantitative estimate of drug-likeness (QED) is 0.862. The first-order valence-corrected chi connectivity index (χ1v) is 7.39. The summed E-state index contributed by atoms with van der Waals surface area (Å²) in [6, 6.07) is 5.51. The van der Waals surface area contributed by atoms with Gasteiger partial charge >= 0.3 is 0 Å². The predicted octanol–water partition coefficient (Wildman–Crippen LogP) is 1.51. The maximum absolute atomic E-state index is 12.8. The van der Waals surface area contributed by atoms with Crippen molar-refractivity contribution in [3.05, 3.63) is 47.8 Å². The molecular weight excluding hydrogens is 280 g/mol. The van der Waals surface area contributed by atoms with Crippen LogP contribution in [0.2, 0.25) is 0 Å². The molecule has 0 bridgehead atoms. The van der Waals surface area contributed by atoms with Gasteiger partial charge in [-0.25, -0.2) is 9.97 Å². The van der Waals surface area contributed by atoms with Gasteiger partial charge in [-0.3, -0.25) is 4.79 Å². The van der Waals surface area contributed by atoms with Crippen LogP contribution < -0.4 is 0 Å². The number of fused-ring (bicyclic) bond motifs is 1. The molecule has 0 aliphatic carbocycles. The second kappa shape index (κ2) is 6.27. The zero-order chi connectivity index (χ0) is 15.5. The van der Waals surface area contributed by atoms with Crippen molar-refractivity contribution in [1.82, 2.24) is 19.4 Å². The molecule has 2 aromatic heterocycles. The standard InChI is InChI=1S/C16H20N4O2/c1-12-4-3-5-14(18-12)16(21)20-9-13(11-22-2)8-19-7-6-17-15(19)10-20/h3-7,13H,8-11H2,1-2H3/t13-/m1/s1. The molecule has 1 aliphatic rings. The molecule has 3 heterocycles. The number of nitrogens with zero attached hydrogens (tertiary/aromatic N) is 4. The summed E-state index contributed by atoms with van der Waals surface area (Å²) in [5.74, 6) is 1.09. The van der Waals surface area contributed by atoms with E-state index in [1.54, 1.807) is 19.4 Å². The number of amides is 1. The number of hydrogen-bond acceptors (Lipinski definition) is 4. The Kier molecular flexibility index (Phi) is 4.20. The first kappa shape index (κ1) is 14.7. The second-order valence-electron chi connectivity index (χ2n) is 5.67. The number of pyridine rings is 1. The summed E-state index contributed by atoms with van der Waals surface area (Å²) in [5.41, 5.74) is 1.33. The number of carbonyl (C=O) groups is 1. The lowest BCUT2D eigenvalue weighted by Gasteiger charge is -2.23. The molecule has 0 saturated carbocycles. The van der Waals surface area contributed by atoms with Crippen LogP contribution in [-0.2, 0) is 17.8 Å². The second-order valence-corrected chi connectivity index (χ2v) is 5.67. The SMILES string of the molecule is COC[C@H]1CN(C(=O)c2cccc(C)n2)Cc2nccn2C1. The van der Waals surface area contributed by atoms with E-state index in [0.29, 0.717) is 25.4 Å². The third-order valence-electron chi connectivity index (χ3n) is 3.86. The molecule has 0 fully saturated rings. The van der Waals surface area contributed by atoms with Gasteiger partial charge in [0.1, 0.15) is 11.5 Å². The van der Waals surface area contributed by atoms with Crippen molar-refractivity contribution in [3.8, 4) is 0 Å². The van der Waals surface area contributed by atoms with E-state index in [2.05, 4.69) is 14.5 Å². The molecule has 0 spiro atoms. The normalized spacial score (nSPS) is 17.9. The summed E-state index contributed by atoms with van der Waals surface area (Å²) in [7, 11) is 1.69. The first-order chi connectivity index (χ1) is 10.7. The zero-order valence-corrected chi connectivity index (χ0v) is 12.9. The van der Waals surface area contributed by atoms with Crippen molar-refractivity contribution in [3.63, 3.8) is 0 Å². The number of carbonyl (C=O) groups excluding carboxylic acids is 1. The van der Waals surface area contributed by atoms with E-state index in [4.69, 9.17) is 4.74 Å². The van der Waals surface area contributed by atoms with E-state index < -0.39 is 0 Å². The summed E-state index contributed by atoms with van der Waals surface area (Å²) in [6.07, 6.45) is 3.73. The number of hydrogen-bond donors (Lipinski definition) is 0. The largest absolute Gasteiger partial charge is 0.384 e. The van der Waals surface area contributed by atoms with Crippen LogP contribution in [0.15, 0.2) is 30.6 Å². The number of imidazole rings is 1. The van der Waals surface area contributed by atoms with Gasteiger partial charge in [-0.1, -0.05) is 6.07 Å². The highest BCUT2D eigenvalue weighted by atomic mass is 16.5. The van der Waals surface area contributed by atoms with Crippen LogP contribution >= 0.6 is 0 Å². The monoisotopic (exact) mass is 300 g/mol. The highest BCUT2D eigenvalue weighted by Crippen LogP contribution is 2.17. The molecule has 0 unspecified atom stereocenters. The smallest absolute Gasteiger partial charge is 0.272 e. The summed E-state index contributed by atoms with van der Waals surface area (Å²) < 4.78 is 7.39. The zero-order valence-electron chi connectivity index (χ0n) is 12.9. The third-order valence-corrected chi connectivity index (χ3v) is 3.86. The van der Waals surface area contributed by atoms with Gasteiger partial charge < -0.3 is 14.2 Å². The molecule has 1 aliphatic heterocycles. The van der Waals surface area contributed by atoms with Gasteiger partial charge in [0.15, 0.2) is 0 Å². The fraction of sp³-hybridized carbons (Fsp3) is 0.438. The summed E-state index contributed by atoms with van der Waals surface area (Å²) in [4.78, 5) is 23.3. The highest BCUT2D eigenvalue weighted by Gasteiger charge is 2.26. The molecule has 1 amide bonds. The Morgan fingerprint density at radius 3 is 3.05 bits per heavy atom. The molecule has 0 N–H and O–H groups in total. The minimum absolute atomic E-state index is 0.0544. The summed E-state index contributed by atoms with van der Waals surface area (Å²) >= 11 is 0. The molecule has 6 nitrogen and oxygen atoms in total. The fourth-order valence-corrected chi connectivity index (χ4v) is 2.86. The molecular formula is C16H20N4O2. The van der Waals surface area contributed by atoms with Crippen molar-refractivity contribution < 1.29 is 9.53 Å². The predicted molar refractivity (Wildman–Crippen MR) is 81.3 cm³/mol. The first-order valence-electron chi connectivity index (χ1n) is 7.39. The minimum Gasteiger partial charge on any atom is -0.384 e. The van der Waals surface area contributed by atoms with E-state index in [0.717, 1.165) is 18.1 Å². The lowest BCUT2D eigenvalue weighted by Crippen LogP contribution is -2.35. The van der Waals surface area contributed by atoms with Crippen LogP contribution in [0.4, 0.5) is 0 Å². The van der Waals surface area contributed by atoms with Crippen molar-refractivity contribution >= 4 is 5.91 Å². The lowest BCUT2D eigenvalue weighted by atomic mass is 10.1. The van der Waals surface area contributed by atoms with Crippen LogP contribution in [0, 0.1) is 12.8 Å². The highest BCUT2D eigenvalue weighted by molar-refractivity contribution is 5.92. The molecule has 0 radical (unpaired) electrons. The van der Waals surface area contributed by atoms with Gasteiger partial charge in [0.2, 0.25) is 0 Å². The average molecular weight is 300 g/mol. The molecule has 3 rings (SSSR count). The number of methoxy groups -OCH3 is 1. The van der Waals surface area contributed by atoms with Crippen molar-refractivity contribution in [1.29, 1.82) is 0 Å². The van der Waals surface area contributed by atoms with Gasteiger partial charge in [-0.05, 0) is 19.1 Å². The van der Waals surface area contributed by atoms with Crippen molar-refractivity contribution in [2.75, 3.05) is 20.3 Å². The molecule has 116 valence electrons. The van der Waals surface area contributed by atoms with Gasteiger partial charge in [0.05, 0.1) is 13.2 Å². The Labute approximate surface area is 129 Å². The molecule has 2 aromatic rings. The lowest BCUT2D eigenvalue weighted by molar-refractivity contribution is 0.0660. The van der Waals surface area contributed by atoms with E-state index in [1.807, 2.05) is 30.2 Å². The van der Waals surface area contributed by atoms with E-state index in [-0.39, 0.29) is 11.8 Å². The number of aryl methyl sites for hydroxylation is 1. The molecule has 22 heavy (non-hydrogen) atoms. The van der Waals surface area contributed by atoms with Gasteiger partial charge in [-0.2, -0.15) is 0 Å². The Balaban J connectivity index is 1.87. The van der Waals surface area contributed by atoms with Crippen LogP contribution in [0.3, 0.4) is 0 Å². The summed E-state index contributed by atoms with van der Waals surface area (Å²) in [5, 5.41) is 0. The fourth-order valence-electron chi connectivity index (χ4n) is 2.86. The number of ether oxygens (including phenoxy) is 1. The van der Waals surface area contributed by atoms with Crippen LogP contribution in [-0.4, -0.2) is 45.6 Å². The maximum atomic E-state index is 12.8. The average Bonchev–Trinajstić information content (AvgIpc) is 2.86. The Bertz CT molecular complexity index is 668. The Morgan fingerprint density at radius 1 is 1.41 bits per heavy atom. The number of rotatable bonds is 3. The molecule has 0 aromatic carbocycles. The van der Waals surface area contributed by atoms with E-state index >= 15 is 0 Å². The third kappa shape index (κ3) is 3.01. The van der Waals surface area contributed by atoms with Gasteiger partial charge in [0, 0.05) is 44.2 Å². The van der Waals surface area contributed by atoms with Gasteiger partial charge in [0.25, 0.3) is 5.91 Å². The molecule has 6 heteroatoms. The number of aromatic nitrogens is 3. The maximum Gasteiger partial charge on any atom is 0.272 e. The topological polar surface area (TPSA) is 60.2 Å². The summed E-state index contributed by atoms with van der Waals surface area (Å²) in [6.45, 7) is 4.46. The van der Waals surface area contributed by atoms with E-state index in [1.165, 1.54) is 0 Å². The minimum atomic E-state index is -0.0544. The van der Waals surface area contributed by atoms with Crippen molar-refractivity contribution in [2.45, 2.75) is 20.0 Å². The van der Waals surface area contributed by atoms with Crippen LogP contribution in [0.5, 0.6) is 0 Å². The van der Waals surface area contributed by atoms with Crippen LogP contribution in [0.1, 0.15) is 22.0 Å². The Morgan fingerprint density at radius 2 is 2.27 bits per heavy atom. The van der Waals surface area contributed by atoms with Gasteiger partial charge in [-0.15, -0.1) is 0 Å². The molecule has 1 atom stereocenters. The molecule has 0 saturated heterocycles.